The van der Waals surface area contributed by atoms with Crippen LogP contribution in [0.2, 0.25) is 0 Å². The molecule has 0 spiro atoms. The van der Waals surface area contributed by atoms with Crippen molar-refractivity contribution in [3.05, 3.63) is 60.4 Å². The first-order chi connectivity index (χ1) is 13.6. The van der Waals surface area contributed by atoms with Crippen molar-refractivity contribution in [3.63, 3.8) is 0 Å². The van der Waals surface area contributed by atoms with E-state index in [4.69, 9.17) is 4.74 Å². The number of hydrogen-bond donors (Lipinski definition) is 2. The Bertz CT molecular complexity index is 924. The van der Waals surface area contributed by atoms with Gasteiger partial charge in [0.2, 0.25) is 0 Å². The van der Waals surface area contributed by atoms with Crippen LogP contribution >= 0.6 is 0 Å². The smallest absolute Gasteiger partial charge is 0.142 e. The first-order valence-corrected chi connectivity index (χ1v) is 9.49. The molecule has 0 atom stereocenters. The van der Waals surface area contributed by atoms with E-state index in [-0.39, 0.29) is 0 Å². The van der Waals surface area contributed by atoms with Crippen LogP contribution in [0.5, 0.6) is 5.75 Å². The van der Waals surface area contributed by atoms with E-state index < -0.39 is 0 Å². The van der Waals surface area contributed by atoms with Crippen molar-refractivity contribution in [1.82, 2.24) is 9.97 Å². The fourth-order valence-corrected chi connectivity index (χ4v) is 3.09. The molecule has 3 rings (SSSR count). The summed E-state index contributed by atoms with van der Waals surface area (Å²) < 4.78 is 5.38. The number of hydrogen-bond acceptors (Lipinski definition) is 6. The van der Waals surface area contributed by atoms with Gasteiger partial charge in [0.05, 0.1) is 12.8 Å². The Kier molecular flexibility index (Phi) is 6.32. The van der Waals surface area contributed by atoms with Gasteiger partial charge in [-0.2, -0.15) is 0 Å². The molecule has 28 heavy (non-hydrogen) atoms. The van der Waals surface area contributed by atoms with Gasteiger partial charge in [-0.15, -0.1) is 0 Å². The molecule has 3 aromatic rings. The highest BCUT2D eigenvalue weighted by Gasteiger charge is 2.08. The summed E-state index contributed by atoms with van der Waals surface area (Å²) in [6.45, 7) is 8.42. The number of aryl methyl sites for hydroxylation is 1. The number of para-hydroxylation sites is 2. The van der Waals surface area contributed by atoms with Crippen LogP contribution in [0.25, 0.3) is 0 Å². The lowest BCUT2D eigenvalue weighted by Crippen LogP contribution is -2.21. The van der Waals surface area contributed by atoms with Gasteiger partial charge in [-0.05, 0) is 56.7 Å². The minimum absolute atomic E-state index is 0.694. The second-order valence-electron chi connectivity index (χ2n) is 6.41. The average molecular weight is 377 g/mol. The summed E-state index contributed by atoms with van der Waals surface area (Å²) in [5.74, 6) is 2.18. The Morgan fingerprint density at radius 2 is 1.57 bits per heavy atom. The maximum Gasteiger partial charge on any atom is 0.142 e. The molecule has 2 aromatic carbocycles. The largest absolute Gasteiger partial charge is 0.495 e. The standard InChI is InChI=1S/C22H27N5O/c1-5-27(6-2)17-11-12-18(16(3)13-17)25-21-14-22(24-15-23-21)26-19-9-7-8-10-20(19)28-4/h7-15H,5-6H2,1-4H3,(H2,23,24,25,26). The quantitative estimate of drug-likeness (QED) is 0.568. The van der Waals surface area contributed by atoms with Crippen molar-refractivity contribution in [2.45, 2.75) is 20.8 Å². The van der Waals surface area contributed by atoms with Crippen LogP contribution < -0.4 is 20.3 Å². The number of benzene rings is 2. The van der Waals surface area contributed by atoms with Gasteiger partial charge in [-0.25, -0.2) is 9.97 Å². The molecule has 0 aliphatic carbocycles. The Labute approximate surface area is 166 Å². The van der Waals surface area contributed by atoms with Crippen molar-refractivity contribution in [2.75, 3.05) is 35.7 Å². The molecule has 6 heteroatoms. The molecule has 0 saturated heterocycles. The highest BCUT2D eigenvalue weighted by Crippen LogP contribution is 2.28. The third-order valence-electron chi connectivity index (χ3n) is 4.64. The van der Waals surface area contributed by atoms with E-state index >= 15 is 0 Å². The molecule has 0 aliphatic heterocycles. The molecule has 1 aromatic heterocycles. The molecule has 0 unspecified atom stereocenters. The van der Waals surface area contributed by atoms with Crippen LogP contribution in [0.1, 0.15) is 19.4 Å². The van der Waals surface area contributed by atoms with Gasteiger partial charge in [0, 0.05) is 30.5 Å². The molecule has 6 nitrogen and oxygen atoms in total. The van der Waals surface area contributed by atoms with Crippen molar-refractivity contribution in [2.24, 2.45) is 0 Å². The predicted molar refractivity (Wildman–Crippen MR) is 116 cm³/mol. The van der Waals surface area contributed by atoms with Crippen molar-refractivity contribution < 1.29 is 4.74 Å². The lowest BCUT2D eigenvalue weighted by molar-refractivity contribution is 0.417. The highest BCUT2D eigenvalue weighted by molar-refractivity contribution is 5.69. The topological polar surface area (TPSA) is 62.3 Å². The first-order valence-electron chi connectivity index (χ1n) is 9.49. The highest BCUT2D eigenvalue weighted by atomic mass is 16.5. The monoisotopic (exact) mass is 377 g/mol. The second-order valence-corrected chi connectivity index (χ2v) is 6.41. The minimum atomic E-state index is 0.694. The number of ether oxygens (including phenoxy) is 1. The average Bonchev–Trinajstić information content (AvgIpc) is 2.71. The fourth-order valence-electron chi connectivity index (χ4n) is 3.09. The number of nitrogens with zero attached hydrogens (tertiary/aromatic N) is 3. The summed E-state index contributed by atoms with van der Waals surface area (Å²) in [5.41, 5.74) is 4.28. The molecular weight excluding hydrogens is 350 g/mol. The maximum absolute atomic E-state index is 5.38. The molecular formula is C22H27N5O. The molecule has 0 bridgehead atoms. The summed E-state index contributed by atoms with van der Waals surface area (Å²) in [7, 11) is 1.65. The van der Waals surface area contributed by atoms with Gasteiger partial charge in [0.25, 0.3) is 0 Å². The molecule has 0 saturated carbocycles. The van der Waals surface area contributed by atoms with E-state index in [1.807, 2.05) is 30.3 Å². The van der Waals surface area contributed by atoms with Crippen LogP contribution in [0.4, 0.5) is 28.7 Å². The molecule has 0 amide bonds. The number of methoxy groups -OCH3 is 1. The fraction of sp³-hybridized carbons (Fsp3) is 0.273. The second kappa shape index (κ2) is 9.08. The number of anilines is 5. The third kappa shape index (κ3) is 4.52. The van der Waals surface area contributed by atoms with Crippen LogP contribution in [-0.4, -0.2) is 30.2 Å². The first kappa shape index (κ1) is 19.5. The van der Waals surface area contributed by atoms with Gasteiger partial charge in [0.15, 0.2) is 0 Å². The van der Waals surface area contributed by atoms with E-state index in [1.54, 1.807) is 13.4 Å². The lowest BCUT2D eigenvalue weighted by atomic mass is 10.1. The zero-order chi connectivity index (χ0) is 19.9. The Morgan fingerprint density at radius 3 is 2.21 bits per heavy atom. The Morgan fingerprint density at radius 1 is 0.893 bits per heavy atom. The van der Waals surface area contributed by atoms with Crippen molar-refractivity contribution in [1.29, 1.82) is 0 Å². The number of aromatic nitrogens is 2. The van der Waals surface area contributed by atoms with Crippen LogP contribution in [0.15, 0.2) is 54.9 Å². The summed E-state index contributed by atoms with van der Waals surface area (Å²) in [6, 6.07) is 16.0. The molecule has 2 N–H and O–H groups in total. The van der Waals surface area contributed by atoms with E-state index in [9.17, 15) is 0 Å². The maximum atomic E-state index is 5.38. The summed E-state index contributed by atoms with van der Waals surface area (Å²) in [6.07, 6.45) is 1.54. The van der Waals surface area contributed by atoms with Crippen LogP contribution in [0.3, 0.4) is 0 Å². The summed E-state index contributed by atoms with van der Waals surface area (Å²) in [4.78, 5) is 11.0. The zero-order valence-corrected chi connectivity index (χ0v) is 16.9. The van der Waals surface area contributed by atoms with Gasteiger partial charge >= 0.3 is 0 Å². The molecule has 1 heterocycles. The van der Waals surface area contributed by atoms with E-state index in [0.717, 1.165) is 36.0 Å². The molecule has 0 fully saturated rings. The lowest BCUT2D eigenvalue weighted by Gasteiger charge is -2.22. The van der Waals surface area contributed by atoms with Crippen molar-refractivity contribution in [3.8, 4) is 5.75 Å². The van der Waals surface area contributed by atoms with Crippen LogP contribution in [-0.2, 0) is 0 Å². The van der Waals surface area contributed by atoms with Gasteiger partial charge in [0.1, 0.15) is 23.7 Å². The Hall–Kier alpha value is -3.28. The number of nitrogens with one attached hydrogen (secondary N) is 2. The van der Waals surface area contributed by atoms with Gasteiger partial charge < -0.3 is 20.3 Å². The van der Waals surface area contributed by atoms with Crippen LogP contribution in [0, 0.1) is 6.92 Å². The Balaban J connectivity index is 1.78. The summed E-state index contributed by atoms with van der Waals surface area (Å²) in [5, 5.41) is 6.67. The predicted octanol–water partition coefficient (Wildman–Crippen LogP) is 5.13. The molecule has 0 aliphatic rings. The number of rotatable bonds is 8. The van der Waals surface area contributed by atoms with E-state index in [0.29, 0.717) is 5.82 Å². The minimum Gasteiger partial charge on any atom is -0.495 e. The van der Waals surface area contributed by atoms with E-state index in [2.05, 4.69) is 64.5 Å². The van der Waals surface area contributed by atoms with Gasteiger partial charge in [-0.3, -0.25) is 0 Å². The molecule has 0 radical (unpaired) electrons. The zero-order valence-electron chi connectivity index (χ0n) is 16.9. The molecule has 146 valence electrons. The van der Waals surface area contributed by atoms with E-state index in [1.165, 1.54) is 11.3 Å². The van der Waals surface area contributed by atoms with Gasteiger partial charge in [-0.1, -0.05) is 12.1 Å². The summed E-state index contributed by atoms with van der Waals surface area (Å²) >= 11 is 0. The normalized spacial score (nSPS) is 10.4. The third-order valence-corrected chi connectivity index (χ3v) is 4.64. The van der Waals surface area contributed by atoms with Crippen molar-refractivity contribution >= 4 is 28.7 Å². The SMILES string of the molecule is CCN(CC)c1ccc(Nc2cc(Nc3ccccc3OC)ncn2)c(C)c1.